The third-order valence-corrected chi connectivity index (χ3v) is 6.23. The van der Waals surface area contributed by atoms with Crippen molar-refractivity contribution in [1.82, 2.24) is 4.90 Å². The van der Waals surface area contributed by atoms with Crippen molar-refractivity contribution in [3.63, 3.8) is 0 Å². The lowest BCUT2D eigenvalue weighted by Crippen LogP contribution is -2.38. The largest absolute Gasteiger partial charge is 0.341 e. The summed E-state index contributed by atoms with van der Waals surface area (Å²) < 4.78 is 0. The van der Waals surface area contributed by atoms with Gasteiger partial charge in [-0.3, -0.25) is 14.4 Å². The first-order chi connectivity index (χ1) is 13.0. The second-order valence-electron chi connectivity index (χ2n) is 7.05. The number of carbonyl (C=O) groups is 3. The molecule has 1 aromatic rings. The Morgan fingerprint density at radius 1 is 1.11 bits per heavy atom. The van der Waals surface area contributed by atoms with Crippen LogP contribution in [-0.4, -0.2) is 47.0 Å². The molecule has 5 heteroatoms. The number of ketones is 2. The minimum absolute atomic E-state index is 0.0808. The molecule has 0 saturated carbocycles. The summed E-state index contributed by atoms with van der Waals surface area (Å²) in [6, 6.07) is 9.73. The molecule has 0 bridgehead atoms. The number of thioether (sulfide) groups is 1. The average molecular weight is 384 g/mol. The van der Waals surface area contributed by atoms with Gasteiger partial charge in [0.25, 0.3) is 0 Å². The van der Waals surface area contributed by atoms with E-state index >= 15 is 0 Å². The van der Waals surface area contributed by atoms with Gasteiger partial charge in [-0.15, -0.1) is 0 Å². The van der Waals surface area contributed by atoms with E-state index < -0.39 is 0 Å². The van der Waals surface area contributed by atoms with E-state index in [4.69, 9.17) is 0 Å². The number of Topliss-reactive ketones (excluding diaryl/α,β-unsaturated/α-hetero) is 1. The summed E-state index contributed by atoms with van der Waals surface area (Å²) in [5, 5.41) is 0. The van der Waals surface area contributed by atoms with Crippen molar-refractivity contribution in [2.24, 2.45) is 0 Å². The zero-order valence-electron chi connectivity index (χ0n) is 15.9. The topological polar surface area (TPSA) is 54.5 Å². The molecule has 142 valence electrons. The smallest absolute Gasteiger partial charge is 0.222 e. The summed E-state index contributed by atoms with van der Waals surface area (Å²) in [5.74, 6) is 1.67. The Morgan fingerprint density at radius 3 is 2.44 bits per heavy atom. The van der Waals surface area contributed by atoms with Gasteiger partial charge in [-0.2, -0.15) is 11.8 Å². The predicted octanol–water partition coefficient (Wildman–Crippen LogP) is 3.54. The second-order valence-corrected chi connectivity index (χ2v) is 8.28. The Morgan fingerprint density at radius 2 is 1.78 bits per heavy atom. The van der Waals surface area contributed by atoms with Crippen LogP contribution in [0.4, 0.5) is 0 Å². The minimum atomic E-state index is -0.241. The fourth-order valence-electron chi connectivity index (χ4n) is 3.71. The van der Waals surface area contributed by atoms with E-state index in [9.17, 15) is 14.4 Å². The lowest BCUT2D eigenvalue weighted by molar-refractivity contribution is -0.131. The van der Waals surface area contributed by atoms with Gasteiger partial charge in [0, 0.05) is 53.7 Å². The molecule has 1 saturated heterocycles. The van der Waals surface area contributed by atoms with Crippen molar-refractivity contribution in [2.45, 2.75) is 32.6 Å². The first kappa shape index (κ1) is 19.6. The molecule has 1 amide bonds. The normalized spacial score (nSPS) is 19.2. The van der Waals surface area contributed by atoms with Gasteiger partial charge in [0.15, 0.2) is 11.6 Å². The van der Waals surface area contributed by atoms with Crippen LogP contribution in [-0.2, 0) is 14.4 Å². The van der Waals surface area contributed by atoms with Crippen molar-refractivity contribution in [3.8, 4) is 0 Å². The standard InChI is InChI=1S/C22H25NO3S/c1-15-14-19(24)16(2)21(22(15)26)18(17-6-4-3-5-7-17)8-9-20(25)23-10-12-27-13-11-23/h3-7,14,18H,8-13H2,1-2H3. The zero-order valence-corrected chi connectivity index (χ0v) is 16.7. The van der Waals surface area contributed by atoms with Gasteiger partial charge >= 0.3 is 0 Å². The van der Waals surface area contributed by atoms with Crippen LogP contribution >= 0.6 is 11.8 Å². The van der Waals surface area contributed by atoms with Crippen LogP contribution in [0.3, 0.4) is 0 Å². The third kappa shape index (κ3) is 4.41. The molecule has 1 atom stereocenters. The Hall–Kier alpha value is -2.14. The maximum atomic E-state index is 12.9. The second kappa shape index (κ2) is 8.70. The van der Waals surface area contributed by atoms with Gasteiger partial charge in [-0.25, -0.2) is 0 Å². The molecule has 2 aliphatic rings. The number of allylic oxidation sites excluding steroid dienone is 4. The van der Waals surface area contributed by atoms with E-state index in [-0.39, 0.29) is 23.4 Å². The summed E-state index contributed by atoms with van der Waals surface area (Å²) >= 11 is 1.87. The van der Waals surface area contributed by atoms with Crippen molar-refractivity contribution in [1.29, 1.82) is 0 Å². The molecular formula is C22H25NO3S. The number of hydrogen-bond donors (Lipinski definition) is 0. The number of nitrogens with zero attached hydrogens (tertiary/aromatic N) is 1. The molecule has 4 nitrogen and oxygen atoms in total. The van der Waals surface area contributed by atoms with Crippen LogP contribution in [0.15, 0.2) is 53.1 Å². The first-order valence-corrected chi connectivity index (χ1v) is 10.5. The molecular weight excluding hydrogens is 358 g/mol. The van der Waals surface area contributed by atoms with Gasteiger partial charge in [0.05, 0.1) is 0 Å². The number of rotatable bonds is 5. The van der Waals surface area contributed by atoms with Crippen molar-refractivity contribution >= 4 is 29.2 Å². The molecule has 3 rings (SSSR count). The number of hydrogen-bond acceptors (Lipinski definition) is 4. The van der Waals surface area contributed by atoms with Gasteiger partial charge in [0.2, 0.25) is 5.91 Å². The first-order valence-electron chi connectivity index (χ1n) is 9.37. The highest BCUT2D eigenvalue weighted by molar-refractivity contribution is 7.99. The van der Waals surface area contributed by atoms with E-state index in [1.807, 2.05) is 47.0 Å². The lowest BCUT2D eigenvalue weighted by atomic mass is 9.78. The Labute approximate surface area is 164 Å². The summed E-state index contributed by atoms with van der Waals surface area (Å²) in [6.45, 7) is 4.99. The van der Waals surface area contributed by atoms with Crippen LogP contribution < -0.4 is 0 Å². The van der Waals surface area contributed by atoms with Crippen molar-refractivity contribution < 1.29 is 14.4 Å². The predicted molar refractivity (Wildman–Crippen MR) is 109 cm³/mol. The molecule has 1 aliphatic heterocycles. The van der Waals surface area contributed by atoms with Crippen LogP contribution in [0, 0.1) is 0 Å². The fraction of sp³-hybridized carbons (Fsp3) is 0.409. The summed E-state index contributed by atoms with van der Waals surface area (Å²) in [7, 11) is 0. The van der Waals surface area contributed by atoms with Gasteiger partial charge in [-0.05, 0) is 31.9 Å². The summed E-state index contributed by atoms with van der Waals surface area (Å²) in [6.07, 6.45) is 2.33. The molecule has 0 N–H and O–H groups in total. The van der Waals surface area contributed by atoms with E-state index in [1.165, 1.54) is 6.08 Å². The van der Waals surface area contributed by atoms with Crippen LogP contribution in [0.5, 0.6) is 0 Å². The van der Waals surface area contributed by atoms with E-state index in [2.05, 4.69) is 0 Å². The van der Waals surface area contributed by atoms with Crippen molar-refractivity contribution in [2.75, 3.05) is 24.6 Å². The maximum absolute atomic E-state index is 12.9. The van der Waals surface area contributed by atoms with Gasteiger partial charge in [-0.1, -0.05) is 30.3 Å². The highest BCUT2D eigenvalue weighted by Crippen LogP contribution is 2.35. The highest BCUT2D eigenvalue weighted by atomic mass is 32.2. The molecule has 1 aromatic carbocycles. The average Bonchev–Trinajstić information content (AvgIpc) is 2.70. The molecule has 1 fully saturated rings. The molecule has 0 aromatic heterocycles. The van der Waals surface area contributed by atoms with E-state index in [0.29, 0.717) is 29.6 Å². The Bertz CT molecular complexity index is 804. The summed E-state index contributed by atoms with van der Waals surface area (Å²) in [4.78, 5) is 39.7. The monoisotopic (exact) mass is 383 g/mol. The molecule has 27 heavy (non-hydrogen) atoms. The van der Waals surface area contributed by atoms with E-state index in [1.54, 1.807) is 13.8 Å². The molecule has 0 spiro atoms. The zero-order chi connectivity index (χ0) is 19.4. The fourth-order valence-corrected chi connectivity index (χ4v) is 4.61. The SMILES string of the molecule is CC1=CC(=O)C(C)=C(C(CCC(=O)N2CCSCC2)c2ccccc2)C1=O. The number of carbonyl (C=O) groups excluding carboxylic acids is 3. The Balaban J connectivity index is 1.86. The minimum Gasteiger partial charge on any atom is -0.341 e. The maximum Gasteiger partial charge on any atom is 0.222 e. The van der Waals surface area contributed by atoms with E-state index in [0.717, 1.165) is 30.2 Å². The Kier molecular flexibility index (Phi) is 6.32. The third-order valence-electron chi connectivity index (χ3n) is 5.29. The number of amides is 1. The highest BCUT2D eigenvalue weighted by Gasteiger charge is 2.31. The van der Waals surface area contributed by atoms with Crippen LogP contribution in [0.1, 0.15) is 38.2 Å². The van der Waals surface area contributed by atoms with Crippen LogP contribution in [0.2, 0.25) is 0 Å². The molecule has 0 radical (unpaired) electrons. The molecule has 1 aliphatic carbocycles. The lowest BCUT2D eigenvalue weighted by Gasteiger charge is -2.28. The molecule has 1 heterocycles. The van der Waals surface area contributed by atoms with Crippen LogP contribution in [0.25, 0.3) is 0 Å². The quantitative estimate of drug-likeness (QED) is 0.730. The van der Waals surface area contributed by atoms with Gasteiger partial charge in [0.1, 0.15) is 0 Å². The number of benzene rings is 1. The van der Waals surface area contributed by atoms with Gasteiger partial charge < -0.3 is 4.90 Å². The molecule has 1 unspecified atom stereocenters. The van der Waals surface area contributed by atoms with Crippen molar-refractivity contribution in [3.05, 3.63) is 58.7 Å². The summed E-state index contributed by atoms with van der Waals surface area (Å²) in [5.41, 5.74) is 2.50.